The van der Waals surface area contributed by atoms with Crippen molar-refractivity contribution in [1.82, 2.24) is 14.9 Å². The van der Waals surface area contributed by atoms with Crippen molar-refractivity contribution in [2.45, 2.75) is 19.9 Å². The predicted octanol–water partition coefficient (Wildman–Crippen LogP) is 4.92. The van der Waals surface area contributed by atoms with E-state index in [2.05, 4.69) is 38.5 Å². The summed E-state index contributed by atoms with van der Waals surface area (Å²) in [7, 11) is 3.26. The molecule has 29 heavy (non-hydrogen) atoms. The molecule has 0 atom stereocenters. The first kappa shape index (κ1) is 21.2. The number of hydrogen-bond donors (Lipinski definition) is 2. The molecule has 0 amide bonds. The maximum Gasteiger partial charge on any atom is 0.214 e. The molecule has 154 valence electrons. The van der Waals surface area contributed by atoms with Crippen LogP contribution in [0.3, 0.4) is 0 Å². The van der Waals surface area contributed by atoms with E-state index >= 15 is 0 Å². The number of H-pyrrole nitrogens is 1. The maximum absolute atomic E-state index is 5.97. The summed E-state index contributed by atoms with van der Waals surface area (Å²) in [6.45, 7) is 3.09. The molecule has 7 nitrogen and oxygen atoms in total. The van der Waals surface area contributed by atoms with Crippen LogP contribution in [0.4, 0.5) is 0 Å². The van der Waals surface area contributed by atoms with Gasteiger partial charge in [-0.2, -0.15) is 5.10 Å². The molecule has 2 N–H and O–H groups in total. The molecule has 3 rings (SSSR count). The van der Waals surface area contributed by atoms with Crippen LogP contribution in [0.5, 0.6) is 17.2 Å². The number of para-hydroxylation sites is 1. The second-order valence-electron chi connectivity index (χ2n) is 6.13. The van der Waals surface area contributed by atoms with Crippen LogP contribution in [0.25, 0.3) is 11.4 Å². The molecule has 0 aliphatic heterocycles. The standard InChI is InChI=1S/C20H23BrN4O3S/c1-4-11-28-18-14(15(21)9-10-17(18)27-3)12-22-25-19(23-24-20(25)29)13-7-5-6-8-16(13)26-2/h5-10,22H,4,11-12H2,1-3H3,(H,24,29). The predicted molar refractivity (Wildman–Crippen MR) is 119 cm³/mol. The fourth-order valence-corrected chi connectivity index (χ4v) is 3.53. The summed E-state index contributed by atoms with van der Waals surface area (Å²) in [5, 5.41) is 7.21. The van der Waals surface area contributed by atoms with E-state index in [0.29, 0.717) is 41.0 Å². The van der Waals surface area contributed by atoms with Gasteiger partial charge in [0.15, 0.2) is 17.3 Å². The summed E-state index contributed by atoms with van der Waals surface area (Å²) in [6.07, 6.45) is 0.896. The highest BCUT2D eigenvalue weighted by molar-refractivity contribution is 9.10. The van der Waals surface area contributed by atoms with Crippen molar-refractivity contribution in [2.75, 3.05) is 26.3 Å². The summed E-state index contributed by atoms with van der Waals surface area (Å²) in [5.41, 5.74) is 5.08. The molecule has 3 aromatic rings. The number of halogens is 1. The van der Waals surface area contributed by atoms with Gasteiger partial charge in [-0.05, 0) is 42.9 Å². The van der Waals surface area contributed by atoms with Gasteiger partial charge in [0.05, 0.1) is 32.9 Å². The Hall–Kier alpha value is -2.52. The lowest BCUT2D eigenvalue weighted by molar-refractivity contribution is 0.291. The number of methoxy groups -OCH3 is 2. The number of nitrogens with zero attached hydrogens (tertiary/aromatic N) is 2. The Morgan fingerprint density at radius 3 is 2.62 bits per heavy atom. The second kappa shape index (κ2) is 9.80. The normalized spacial score (nSPS) is 10.6. The van der Waals surface area contributed by atoms with E-state index in [1.165, 1.54) is 0 Å². The van der Waals surface area contributed by atoms with Crippen LogP contribution < -0.4 is 19.6 Å². The Kier molecular flexibility index (Phi) is 7.16. The van der Waals surface area contributed by atoms with Gasteiger partial charge in [-0.3, -0.25) is 0 Å². The summed E-state index contributed by atoms with van der Waals surface area (Å²) < 4.78 is 20.0. The van der Waals surface area contributed by atoms with Crippen LogP contribution in [-0.4, -0.2) is 35.7 Å². The molecule has 0 radical (unpaired) electrons. The zero-order valence-corrected chi connectivity index (χ0v) is 18.9. The van der Waals surface area contributed by atoms with Gasteiger partial charge in [0.25, 0.3) is 0 Å². The van der Waals surface area contributed by atoms with E-state index < -0.39 is 0 Å². The van der Waals surface area contributed by atoms with Gasteiger partial charge in [-0.15, -0.1) is 0 Å². The van der Waals surface area contributed by atoms with E-state index in [0.717, 1.165) is 22.0 Å². The SMILES string of the molecule is CCCOc1c(OC)ccc(Br)c1CNn1c(-c2ccccc2OC)n[nH]c1=S. The molecule has 2 aromatic carbocycles. The molecule has 1 heterocycles. The minimum atomic E-state index is 0.437. The van der Waals surface area contributed by atoms with E-state index in [4.69, 9.17) is 26.4 Å². The summed E-state index contributed by atoms with van der Waals surface area (Å²) in [4.78, 5) is 0. The molecule has 1 aromatic heterocycles. The first-order valence-corrected chi connectivity index (χ1v) is 10.3. The number of aromatic amines is 1. The fraction of sp³-hybridized carbons (Fsp3) is 0.300. The van der Waals surface area contributed by atoms with Gasteiger partial charge in [0.2, 0.25) is 4.77 Å². The molecule has 0 unspecified atom stereocenters. The largest absolute Gasteiger partial charge is 0.496 e. The lowest BCUT2D eigenvalue weighted by atomic mass is 10.2. The van der Waals surface area contributed by atoms with E-state index in [-0.39, 0.29) is 0 Å². The van der Waals surface area contributed by atoms with Gasteiger partial charge in [0, 0.05) is 10.0 Å². The average molecular weight is 479 g/mol. The van der Waals surface area contributed by atoms with Gasteiger partial charge in [0.1, 0.15) is 5.75 Å². The number of benzene rings is 2. The highest BCUT2D eigenvalue weighted by Crippen LogP contribution is 2.37. The van der Waals surface area contributed by atoms with Crippen LogP contribution in [0.1, 0.15) is 18.9 Å². The Labute approximate surface area is 183 Å². The minimum absolute atomic E-state index is 0.437. The number of rotatable bonds is 9. The van der Waals surface area contributed by atoms with Crippen molar-refractivity contribution in [1.29, 1.82) is 0 Å². The Balaban J connectivity index is 1.96. The quantitative estimate of drug-likeness (QED) is 0.425. The zero-order valence-electron chi connectivity index (χ0n) is 16.5. The molecular formula is C20H23BrN4O3S. The van der Waals surface area contributed by atoms with Gasteiger partial charge in [-0.25, -0.2) is 9.77 Å². The third-order valence-corrected chi connectivity index (χ3v) is 5.29. The third-order valence-electron chi connectivity index (χ3n) is 4.27. The number of nitrogens with one attached hydrogen (secondary N) is 2. The first-order chi connectivity index (χ1) is 14.1. The minimum Gasteiger partial charge on any atom is -0.496 e. The number of hydrogen-bond acceptors (Lipinski definition) is 6. The van der Waals surface area contributed by atoms with E-state index in [1.807, 2.05) is 36.4 Å². The van der Waals surface area contributed by atoms with Crippen LogP contribution in [0, 0.1) is 4.77 Å². The first-order valence-electron chi connectivity index (χ1n) is 9.13. The van der Waals surface area contributed by atoms with Crippen LogP contribution in [0.2, 0.25) is 0 Å². The van der Waals surface area contributed by atoms with Crippen molar-refractivity contribution in [3.63, 3.8) is 0 Å². The third kappa shape index (κ3) is 4.56. The number of ether oxygens (including phenoxy) is 3. The van der Waals surface area contributed by atoms with Crippen molar-refractivity contribution < 1.29 is 14.2 Å². The lowest BCUT2D eigenvalue weighted by Gasteiger charge is -2.18. The molecule has 0 bridgehead atoms. The van der Waals surface area contributed by atoms with Crippen LogP contribution >= 0.6 is 28.1 Å². The lowest BCUT2D eigenvalue weighted by Crippen LogP contribution is -2.17. The van der Waals surface area contributed by atoms with Gasteiger partial charge in [-0.1, -0.05) is 35.0 Å². The summed E-state index contributed by atoms with van der Waals surface area (Å²) in [5.74, 6) is 2.71. The second-order valence-corrected chi connectivity index (χ2v) is 7.37. The van der Waals surface area contributed by atoms with Crippen molar-refractivity contribution in [3.8, 4) is 28.6 Å². The van der Waals surface area contributed by atoms with Crippen LogP contribution in [0.15, 0.2) is 40.9 Å². The Morgan fingerprint density at radius 1 is 1.14 bits per heavy atom. The smallest absolute Gasteiger partial charge is 0.214 e. The summed E-state index contributed by atoms with van der Waals surface area (Å²) >= 11 is 9.04. The monoisotopic (exact) mass is 478 g/mol. The highest BCUT2D eigenvalue weighted by atomic mass is 79.9. The Bertz CT molecular complexity index is 1030. The molecule has 0 aliphatic carbocycles. The number of aromatic nitrogens is 3. The van der Waals surface area contributed by atoms with Crippen LogP contribution in [-0.2, 0) is 6.54 Å². The van der Waals surface area contributed by atoms with Crippen molar-refractivity contribution in [2.24, 2.45) is 0 Å². The fourth-order valence-electron chi connectivity index (χ4n) is 2.88. The maximum atomic E-state index is 5.97. The van der Waals surface area contributed by atoms with Gasteiger partial charge >= 0.3 is 0 Å². The molecule has 0 saturated heterocycles. The van der Waals surface area contributed by atoms with E-state index in [1.54, 1.807) is 18.9 Å². The molecule has 0 saturated carbocycles. The van der Waals surface area contributed by atoms with Gasteiger partial charge < -0.3 is 19.6 Å². The van der Waals surface area contributed by atoms with Crippen molar-refractivity contribution >= 4 is 28.1 Å². The molecule has 0 fully saturated rings. The molecule has 0 aliphatic rings. The van der Waals surface area contributed by atoms with E-state index in [9.17, 15) is 0 Å². The average Bonchev–Trinajstić information content (AvgIpc) is 3.11. The zero-order chi connectivity index (χ0) is 20.8. The topological polar surface area (TPSA) is 73.3 Å². The Morgan fingerprint density at radius 2 is 1.90 bits per heavy atom. The van der Waals surface area contributed by atoms with Crippen molar-refractivity contribution in [3.05, 3.63) is 51.2 Å². The molecule has 0 spiro atoms. The highest BCUT2D eigenvalue weighted by Gasteiger charge is 2.17. The summed E-state index contributed by atoms with van der Waals surface area (Å²) in [6, 6.07) is 11.5. The molecule has 9 heteroatoms. The molecular weight excluding hydrogens is 456 g/mol.